The molecule has 0 heterocycles. The standard InChI is InChI=1S/C12H17ClFNO/c1-8(16)12(2,7-15)6-9-3-4-11(14)10(13)5-9/h3-5,8,16H,6-7,15H2,1-2H3. The van der Waals surface area contributed by atoms with E-state index in [4.69, 9.17) is 17.3 Å². The largest absolute Gasteiger partial charge is 0.393 e. The highest BCUT2D eigenvalue weighted by molar-refractivity contribution is 6.30. The van der Waals surface area contributed by atoms with Crippen molar-refractivity contribution in [3.8, 4) is 0 Å². The molecule has 90 valence electrons. The number of nitrogens with two attached hydrogens (primary N) is 1. The molecule has 0 aliphatic heterocycles. The first-order chi connectivity index (χ1) is 7.39. The maximum absolute atomic E-state index is 13.0. The van der Waals surface area contributed by atoms with E-state index in [1.807, 2.05) is 6.92 Å². The zero-order chi connectivity index (χ0) is 12.3. The summed E-state index contributed by atoms with van der Waals surface area (Å²) in [5.41, 5.74) is 6.12. The lowest BCUT2D eigenvalue weighted by molar-refractivity contribution is 0.0589. The average Bonchev–Trinajstić information content (AvgIpc) is 2.23. The predicted octanol–water partition coefficient (Wildman–Crippen LogP) is 2.37. The van der Waals surface area contributed by atoms with Crippen molar-refractivity contribution in [3.63, 3.8) is 0 Å². The SMILES string of the molecule is CC(O)C(C)(CN)Cc1ccc(F)c(Cl)c1. The van der Waals surface area contributed by atoms with Gasteiger partial charge in [0.15, 0.2) is 0 Å². The Morgan fingerprint density at radius 2 is 2.19 bits per heavy atom. The number of halogens is 2. The predicted molar refractivity (Wildman–Crippen MR) is 64.0 cm³/mol. The lowest BCUT2D eigenvalue weighted by Gasteiger charge is -2.31. The summed E-state index contributed by atoms with van der Waals surface area (Å²) in [6, 6.07) is 4.57. The number of aliphatic hydroxyl groups excluding tert-OH is 1. The number of hydrogen-bond acceptors (Lipinski definition) is 2. The van der Waals surface area contributed by atoms with Gasteiger partial charge in [0.2, 0.25) is 0 Å². The van der Waals surface area contributed by atoms with Crippen molar-refractivity contribution >= 4 is 11.6 Å². The molecule has 2 unspecified atom stereocenters. The fourth-order valence-electron chi connectivity index (χ4n) is 1.51. The molecule has 4 heteroatoms. The van der Waals surface area contributed by atoms with Crippen molar-refractivity contribution in [2.24, 2.45) is 11.1 Å². The molecule has 0 saturated heterocycles. The Hall–Kier alpha value is -0.640. The van der Waals surface area contributed by atoms with Crippen molar-refractivity contribution in [3.05, 3.63) is 34.6 Å². The maximum atomic E-state index is 13.0. The van der Waals surface area contributed by atoms with Gasteiger partial charge in [0.1, 0.15) is 5.82 Å². The minimum atomic E-state index is -0.527. The van der Waals surface area contributed by atoms with E-state index in [0.29, 0.717) is 13.0 Å². The molecule has 0 amide bonds. The van der Waals surface area contributed by atoms with Crippen molar-refractivity contribution in [1.29, 1.82) is 0 Å². The average molecular weight is 246 g/mol. The molecule has 0 aliphatic rings. The van der Waals surface area contributed by atoms with E-state index in [-0.39, 0.29) is 5.02 Å². The molecule has 16 heavy (non-hydrogen) atoms. The first kappa shape index (κ1) is 13.4. The zero-order valence-corrected chi connectivity index (χ0v) is 10.3. The lowest BCUT2D eigenvalue weighted by Crippen LogP contribution is -2.39. The Morgan fingerprint density at radius 1 is 1.56 bits per heavy atom. The van der Waals surface area contributed by atoms with Gasteiger partial charge in [0.25, 0.3) is 0 Å². The van der Waals surface area contributed by atoms with Crippen LogP contribution in [0.4, 0.5) is 4.39 Å². The number of aliphatic hydroxyl groups is 1. The van der Waals surface area contributed by atoms with Gasteiger partial charge in [0.05, 0.1) is 11.1 Å². The second kappa shape index (κ2) is 5.13. The summed E-state index contributed by atoms with van der Waals surface area (Å²) in [4.78, 5) is 0. The molecule has 0 aromatic heterocycles. The third-order valence-corrected chi connectivity index (χ3v) is 3.36. The van der Waals surface area contributed by atoms with Crippen LogP contribution in [0.5, 0.6) is 0 Å². The molecule has 1 rings (SSSR count). The van der Waals surface area contributed by atoms with Crippen LogP contribution in [-0.4, -0.2) is 17.8 Å². The molecular formula is C12H17ClFNO. The fraction of sp³-hybridized carbons (Fsp3) is 0.500. The summed E-state index contributed by atoms with van der Waals surface area (Å²) in [6.07, 6.45) is 0.0441. The molecule has 0 spiro atoms. The van der Waals surface area contributed by atoms with Crippen LogP contribution in [0.15, 0.2) is 18.2 Å². The van der Waals surface area contributed by atoms with Gasteiger partial charge < -0.3 is 10.8 Å². The minimum absolute atomic E-state index is 0.0995. The third kappa shape index (κ3) is 2.94. The van der Waals surface area contributed by atoms with Crippen LogP contribution >= 0.6 is 11.6 Å². The molecule has 3 N–H and O–H groups in total. The summed E-state index contributed by atoms with van der Waals surface area (Å²) >= 11 is 5.70. The van der Waals surface area contributed by atoms with E-state index in [2.05, 4.69) is 0 Å². The topological polar surface area (TPSA) is 46.2 Å². The summed E-state index contributed by atoms with van der Waals surface area (Å²) in [6.45, 7) is 3.96. The number of hydrogen-bond donors (Lipinski definition) is 2. The van der Waals surface area contributed by atoms with Crippen molar-refractivity contribution in [1.82, 2.24) is 0 Å². The Balaban J connectivity index is 2.90. The van der Waals surface area contributed by atoms with Crippen LogP contribution in [0.2, 0.25) is 5.02 Å². The normalized spacial score (nSPS) is 16.9. The summed E-state index contributed by atoms with van der Waals surface area (Å²) in [5.74, 6) is -0.433. The quantitative estimate of drug-likeness (QED) is 0.856. The van der Waals surface area contributed by atoms with E-state index in [1.165, 1.54) is 6.07 Å². The van der Waals surface area contributed by atoms with Crippen molar-refractivity contribution in [2.45, 2.75) is 26.4 Å². The monoisotopic (exact) mass is 245 g/mol. The Bertz CT molecular complexity index is 370. The fourth-order valence-corrected chi connectivity index (χ4v) is 1.71. The maximum Gasteiger partial charge on any atom is 0.141 e. The van der Waals surface area contributed by atoms with Crippen LogP contribution in [0.25, 0.3) is 0 Å². The first-order valence-electron chi connectivity index (χ1n) is 5.21. The van der Waals surface area contributed by atoms with Gasteiger partial charge in [-0.1, -0.05) is 24.6 Å². The van der Waals surface area contributed by atoms with Gasteiger partial charge in [-0.15, -0.1) is 0 Å². The van der Waals surface area contributed by atoms with Gasteiger partial charge in [-0.3, -0.25) is 0 Å². The highest BCUT2D eigenvalue weighted by Crippen LogP contribution is 2.27. The molecule has 0 saturated carbocycles. The second-order valence-corrected chi connectivity index (χ2v) is 4.87. The van der Waals surface area contributed by atoms with Crippen LogP contribution in [0, 0.1) is 11.2 Å². The van der Waals surface area contributed by atoms with Crippen molar-refractivity contribution < 1.29 is 9.50 Å². The van der Waals surface area contributed by atoms with E-state index >= 15 is 0 Å². The van der Waals surface area contributed by atoms with Crippen LogP contribution in [0.3, 0.4) is 0 Å². The summed E-state index contributed by atoms with van der Waals surface area (Å²) < 4.78 is 13.0. The molecule has 1 aromatic carbocycles. The van der Waals surface area contributed by atoms with Gasteiger partial charge >= 0.3 is 0 Å². The number of benzene rings is 1. The molecule has 1 aromatic rings. The van der Waals surface area contributed by atoms with Gasteiger partial charge in [-0.2, -0.15) is 0 Å². The van der Waals surface area contributed by atoms with E-state index in [1.54, 1.807) is 19.1 Å². The molecule has 0 aliphatic carbocycles. The van der Waals surface area contributed by atoms with Gasteiger partial charge in [0, 0.05) is 12.0 Å². The second-order valence-electron chi connectivity index (χ2n) is 4.46. The van der Waals surface area contributed by atoms with Crippen molar-refractivity contribution in [2.75, 3.05) is 6.54 Å². The Labute approximate surface area is 100 Å². The van der Waals surface area contributed by atoms with E-state index in [9.17, 15) is 9.50 Å². The van der Waals surface area contributed by atoms with Crippen LogP contribution in [0.1, 0.15) is 19.4 Å². The molecule has 0 fully saturated rings. The summed E-state index contributed by atoms with van der Waals surface area (Å²) in [7, 11) is 0. The Kier molecular flexibility index (Phi) is 4.30. The highest BCUT2D eigenvalue weighted by Gasteiger charge is 2.28. The van der Waals surface area contributed by atoms with E-state index in [0.717, 1.165) is 5.56 Å². The van der Waals surface area contributed by atoms with Gasteiger partial charge in [-0.25, -0.2) is 4.39 Å². The van der Waals surface area contributed by atoms with E-state index < -0.39 is 17.3 Å². The van der Waals surface area contributed by atoms with Crippen LogP contribution in [-0.2, 0) is 6.42 Å². The zero-order valence-electron chi connectivity index (χ0n) is 9.50. The smallest absolute Gasteiger partial charge is 0.141 e. The molecule has 2 atom stereocenters. The minimum Gasteiger partial charge on any atom is -0.393 e. The van der Waals surface area contributed by atoms with Crippen LogP contribution < -0.4 is 5.73 Å². The third-order valence-electron chi connectivity index (χ3n) is 3.07. The van der Waals surface area contributed by atoms with Gasteiger partial charge in [-0.05, 0) is 31.0 Å². The summed E-state index contributed by atoms with van der Waals surface area (Å²) in [5, 5.41) is 9.77. The Morgan fingerprint density at radius 3 is 2.62 bits per heavy atom. The number of rotatable bonds is 4. The highest BCUT2D eigenvalue weighted by atomic mass is 35.5. The first-order valence-corrected chi connectivity index (χ1v) is 5.59. The molecular weight excluding hydrogens is 229 g/mol. The molecule has 0 bridgehead atoms. The molecule has 0 radical (unpaired) electrons. The lowest BCUT2D eigenvalue weighted by atomic mass is 9.79. The molecule has 2 nitrogen and oxygen atoms in total.